The van der Waals surface area contributed by atoms with Gasteiger partial charge in [-0.3, -0.25) is 14.9 Å². The maximum Gasteiger partial charge on any atom is 0.329 e. The van der Waals surface area contributed by atoms with E-state index in [1.165, 1.54) is 12.1 Å². The van der Waals surface area contributed by atoms with E-state index in [9.17, 15) is 24.8 Å². The van der Waals surface area contributed by atoms with Crippen LogP contribution in [0.25, 0.3) is 0 Å². The van der Waals surface area contributed by atoms with E-state index in [2.05, 4.69) is 21.2 Å². The third kappa shape index (κ3) is 3.57. The molecule has 114 valence electrons. The first-order valence-corrected chi connectivity index (χ1v) is 7.06. The third-order valence-corrected chi connectivity index (χ3v) is 4.04. The van der Waals surface area contributed by atoms with Gasteiger partial charge in [-0.05, 0) is 40.9 Å². The van der Waals surface area contributed by atoms with E-state index in [4.69, 9.17) is 0 Å². The second-order valence-corrected chi connectivity index (χ2v) is 5.33. The van der Waals surface area contributed by atoms with Gasteiger partial charge in [-0.25, -0.2) is 4.79 Å². The zero-order chi connectivity index (χ0) is 16.2. The number of nitro groups is 1. The highest BCUT2D eigenvalue weighted by molar-refractivity contribution is 9.10. The minimum atomic E-state index is -1.38. The van der Waals surface area contributed by atoms with Gasteiger partial charge in [-0.1, -0.05) is 13.8 Å². The number of nitro benzene ring substituents is 1. The number of halogens is 1. The molecule has 21 heavy (non-hydrogen) atoms. The highest BCUT2D eigenvalue weighted by Crippen LogP contribution is 2.26. The lowest BCUT2D eigenvalue weighted by Crippen LogP contribution is -2.53. The number of nitrogens with one attached hydrogen (secondary N) is 1. The number of hydrogen-bond donors (Lipinski definition) is 2. The molecule has 8 heteroatoms. The Balaban J connectivity index is 3.12. The summed E-state index contributed by atoms with van der Waals surface area (Å²) in [5, 5.41) is 22.6. The second-order valence-electron chi connectivity index (χ2n) is 4.47. The molecule has 0 saturated carbocycles. The molecule has 2 N–H and O–H groups in total. The van der Waals surface area contributed by atoms with Gasteiger partial charge in [0.1, 0.15) is 5.54 Å². The molecule has 0 fully saturated rings. The Morgan fingerprint density at radius 1 is 1.38 bits per heavy atom. The van der Waals surface area contributed by atoms with Crippen LogP contribution in [-0.4, -0.2) is 27.4 Å². The Hall–Kier alpha value is -1.96. The van der Waals surface area contributed by atoms with Crippen LogP contribution in [0.4, 0.5) is 5.69 Å². The van der Waals surface area contributed by atoms with Gasteiger partial charge in [0, 0.05) is 11.6 Å². The van der Waals surface area contributed by atoms with Crippen molar-refractivity contribution in [1.82, 2.24) is 5.32 Å². The summed E-state index contributed by atoms with van der Waals surface area (Å²) in [6.07, 6.45) is 0.423. The quantitative estimate of drug-likeness (QED) is 0.600. The summed E-state index contributed by atoms with van der Waals surface area (Å²) in [5.41, 5.74) is -1.59. The molecule has 1 amide bonds. The topological polar surface area (TPSA) is 110 Å². The van der Waals surface area contributed by atoms with Crippen molar-refractivity contribution in [3.05, 3.63) is 38.3 Å². The van der Waals surface area contributed by atoms with Gasteiger partial charge in [-0.15, -0.1) is 0 Å². The van der Waals surface area contributed by atoms with E-state index < -0.39 is 22.3 Å². The predicted molar refractivity (Wildman–Crippen MR) is 79.2 cm³/mol. The molecule has 0 heterocycles. The zero-order valence-electron chi connectivity index (χ0n) is 11.6. The molecule has 1 rings (SSSR count). The highest BCUT2D eigenvalue weighted by atomic mass is 79.9. The fourth-order valence-corrected chi connectivity index (χ4v) is 2.26. The summed E-state index contributed by atoms with van der Waals surface area (Å²) < 4.78 is 0.250. The third-order valence-electron chi connectivity index (χ3n) is 3.37. The number of carboxylic acids is 1. The number of nitrogens with zero attached hydrogens (tertiary/aromatic N) is 1. The number of hydrogen-bond acceptors (Lipinski definition) is 4. The zero-order valence-corrected chi connectivity index (χ0v) is 13.1. The molecule has 0 bridgehead atoms. The molecule has 7 nitrogen and oxygen atoms in total. The number of benzene rings is 1. The van der Waals surface area contributed by atoms with E-state index in [1.54, 1.807) is 13.8 Å². The molecule has 1 aromatic rings. The average molecular weight is 359 g/mol. The summed E-state index contributed by atoms with van der Waals surface area (Å²) >= 11 is 3.02. The Bertz CT molecular complexity index is 584. The van der Waals surface area contributed by atoms with Gasteiger partial charge in [0.05, 0.1) is 9.40 Å². The van der Waals surface area contributed by atoms with Crippen molar-refractivity contribution in [2.24, 2.45) is 0 Å². The summed E-state index contributed by atoms with van der Waals surface area (Å²) in [7, 11) is 0. The lowest BCUT2D eigenvalue weighted by Gasteiger charge is -2.28. The van der Waals surface area contributed by atoms with Crippen molar-refractivity contribution in [2.75, 3.05) is 0 Å². The fourth-order valence-electron chi connectivity index (χ4n) is 1.87. The van der Waals surface area contributed by atoms with Crippen molar-refractivity contribution < 1.29 is 19.6 Å². The number of carbonyl (C=O) groups excluding carboxylic acids is 1. The summed E-state index contributed by atoms with van der Waals surface area (Å²) in [6.45, 7) is 3.31. The molecule has 0 aliphatic rings. The van der Waals surface area contributed by atoms with Crippen molar-refractivity contribution >= 4 is 33.5 Å². The van der Waals surface area contributed by atoms with Crippen molar-refractivity contribution in [1.29, 1.82) is 0 Å². The summed E-state index contributed by atoms with van der Waals surface area (Å²) in [5.74, 6) is -1.79. The van der Waals surface area contributed by atoms with Crippen LogP contribution in [0.2, 0.25) is 0 Å². The maximum atomic E-state index is 12.2. The second kappa shape index (κ2) is 6.66. The van der Waals surface area contributed by atoms with Gasteiger partial charge in [0.25, 0.3) is 11.6 Å². The summed E-state index contributed by atoms with van der Waals surface area (Å²) in [6, 6.07) is 3.88. The van der Waals surface area contributed by atoms with Crippen molar-refractivity contribution in [2.45, 2.75) is 32.2 Å². The van der Waals surface area contributed by atoms with Crippen LogP contribution in [-0.2, 0) is 4.79 Å². The van der Waals surface area contributed by atoms with Crippen LogP contribution in [0.15, 0.2) is 22.7 Å². The van der Waals surface area contributed by atoms with E-state index in [1.807, 2.05) is 0 Å². The smallest absolute Gasteiger partial charge is 0.329 e. The monoisotopic (exact) mass is 358 g/mol. The highest BCUT2D eigenvalue weighted by Gasteiger charge is 2.36. The van der Waals surface area contributed by atoms with E-state index in [-0.39, 0.29) is 28.6 Å². The number of carbonyl (C=O) groups is 2. The number of amides is 1. The molecule has 0 radical (unpaired) electrons. The Labute approximate surface area is 129 Å². The number of aliphatic carboxylic acids is 1. The molecule has 0 atom stereocenters. The van der Waals surface area contributed by atoms with E-state index >= 15 is 0 Å². The van der Waals surface area contributed by atoms with Crippen LogP contribution in [0.5, 0.6) is 0 Å². The first-order chi connectivity index (χ1) is 9.77. The minimum absolute atomic E-state index is 0.0393. The molecule has 0 unspecified atom stereocenters. The van der Waals surface area contributed by atoms with Gasteiger partial charge in [0.15, 0.2) is 0 Å². The molecule has 0 aliphatic heterocycles. The van der Waals surface area contributed by atoms with Crippen LogP contribution in [0, 0.1) is 10.1 Å². The van der Waals surface area contributed by atoms with Gasteiger partial charge in [0.2, 0.25) is 0 Å². The molecular formula is C13H15BrN2O5. The normalized spacial score (nSPS) is 11.0. The molecule has 1 aromatic carbocycles. The van der Waals surface area contributed by atoms with E-state index in [0.29, 0.717) is 0 Å². The number of rotatable bonds is 6. The van der Waals surface area contributed by atoms with Crippen LogP contribution in [0.1, 0.15) is 37.0 Å². The van der Waals surface area contributed by atoms with Crippen LogP contribution < -0.4 is 5.32 Å². The SMILES string of the molecule is CCC(CC)(NC(=O)c1ccc(Br)c([N+](=O)[O-])c1)C(=O)O. The molecular weight excluding hydrogens is 344 g/mol. The van der Waals surface area contributed by atoms with Crippen LogP contribution >= 0.6 is 15.9 Å². The first kappa shape index (κ1) is 17.1. The Kier molecular flexibility index (Phi) is 5.42. The van der Waals surface area contributed by atoms with E-state index in [0.717, 1.165) is 6.07 Å². The largest absolute Gasteiger partial charge is 0.480 e. The molecule has 0 spiro atoms. The van der Waals surface area contributed by atoms with Crippen molar-refractivity contribution in [3.8, 4) is 0 Å². The lowest BCUT2D eigenvalue weighted by molar-refractivity contribution is -0.385. The lowest BCUT2D eigenvalue weighted by atomic mass is 9.92. The van der Waals surface area contributed by atoms with Gasteiger partial charge < -0.3 is 10.4 Å². The maximum absolute atomic E-state index is 12.2. The first-order valence-electron chi connectivity index (χ1n) is 6.27. The molecule has 0 aromatic heterocycles. The predicted octanol–water partition coefficient (Wildman–Crippen LogP) is 2.73. The Morgan fingerprint density at radius 2 is 1.95 bits per heavy atom. The number of carboxylic acid groups (broad SMARTS) is 1. The Morgan fingerprint density at radius 3 is 2.38 bits per heavy atom. The van der Waals surface area contributed by atoms with Gasteiger partial charge >= 0.3 is 5.97 Å². The average Bonchev–Trinajstić information content (AvgIpc) is 2.44. The van der Waals surface area contributed by atoms with Crippen LogP contribution in [0.3, 0.4) is 0 Å². The fraction of sp³-hybridized carbons (Fsp3) is 0.385. The summed E-state index contributed by atoms with van der Waals surface area (Å²) in [4.78, 5) is 33.7. The van der Waals surface area contributed by atoms with Gasteiger partial charge in [-0.2, -0.15) is 0 Å². The van der Waals surface area contributed by atoms with Crippen molar-refractivity contribution in [3.63, 3.8) is 0 Å². The molecule has 0 aliphatic carbocycles. The standard InChI is InChI=1S/C13H15BrN2O5/c1-3-13(4-2,12(18)19)15-11(17)8-5-6-9(14)10(7-8)16(20)21/h5-7H,3-4H2,1-2H3,(H,15,17)(H,18,19). The molecule has 0 saturated heterocycles. The minimum Gasteiger partial charge on any atom is -0.480 e.